The fraction of sp³-hybridized carbons (Fsp3) is 1.00. The van der Waals surface area contributed by atoms with Crippen molar-refractivity contribution in [1.82, 2.24) is 10.2 Å². The molecule has 2 unspecified atom stereocenters. The number of hydrogen-bond acceptors (Lipinski definition) is 3. The van der Waals surface area contributed by atoms with Crippen molar-refractivity contribution in [2.24, 2.45) is 11.8 Å². The van der Waals surface area contributed by atoms with Gasteiger partial charge in [-0.1, -0.05) is 0 Å². The van der Waals surface area contributed by atoms with E-state index < -0.39 is 0 Å². The summed E-state index contributed by atoms with van der Waals surface area (Å²) in [4.78, 5) is 2.62. The van der Waals surface area contributed by atoms with Gasteiger partial charge in [-0.25, -0.2) is 0 Å². The van der Waals surface area contributed by atoms with Gasteiger partial charge in [0.1, 0.15) is 0 Å². The molecule has 92 valence electrons. The maximum atomic E-state index is 5.41. The van der Waals surface area contributed by atoms with Gasteiger partial charge < -0.3 is 15.0 Å². The molecule has 0 spiro atoms. The molecular weight excluding hydrogens is 200 g/mol. The van der Waals surface area contributed by atoms with E-state index in [4.69, 9.17) is 4.74 Å². The van der Waals surface area contributed by atoms with Crippen LogP contribution in [0.5, 0.6) is 0 Å². The van der Waals surface area contributed by atoms with Gasteiger partial charge in [-0.05, 0) is 57.2 Å². The van der Waals surface area contributed by atoms with Gasteiger partial charge in [0.2, 0.25) is 0 Å². The first-order chi connectivity index (χ1) is 7.92. The number of ether oxygens (including phenoxy) is 1. The summed E-state index contributed by atoms with van der Waals surface area (Å²) >= 11 is 0. The summed E-state index contributed by atoms with van der Waals surface area (Å²) in [5, 5.41) is 3.78. The molecule has 16 heavy (non-hydrogen) atoms. The first-order valence-corrected chi connectivity index (χ1v) is 6.95. The molecule has 0 aliphatic carbocycles. The topological polar surface area (TPSA) is 24.5 Å². The number of rotatable bonds is 4. The van der Waals surface area contributed by atoms with Crippen LogP contribution in [0.3, 0.4) is 0 Å². The van der Waals surface area contributed by atoms with Crippen LogP contribution >= 0.6 is 0 Å². The molecule has 0 saturated carbocycles. The monoisotopic (exact) mass is 224 g/mol. The van der Waals surface area contributed by atoms with Gasteiger partial charge >= 0.3 is 0 Å². The van der Waals surface area contributed by atoms with E-state index in [0.717, 1.165) is 31.1 Å². The summed E-state index contributed by atoms with van der Waals surface area (Å²) in [6, 6.07) is 0.782. The molecule has 0 aromatic carbocycles. The molecule has 4 aliphatic heterocycles. The molecule has 1 N–H and O–H groups in total. The normalized spacial score (nSPS) is 42.8. The highest BCUT2D eigenvalue weighted by Crippen LogP contribution is 2.27. The van der Waals surface area contributed by atoms with Gasteiger partial charge in [0.05, 0.1) is 0 Å². The minimum absolute atomic E-state index is 0.782. The van der Waals surface area contributed by atoms with Crippen molar-refractivity contribution >= 4 is 0 Å². The average Bonchev–Trinajstić information content (AvgIpc) is 2.84. The maximum Gasteiger partial charge on any atom is 0.0495 e. The molecule has 0 aromatic rings. The van der Waals surface area contributed by atoms with E-state index in [1.165, 1.54) is 51.9 Å². The Kier molecular flexibility index (Phi) is 3.46. The third kappa shape index (κ3) is 2.41. The molecule has 0 aromatic heterocycles. The number of hydrogen-bond donors (Lipinski definition) is 1. The molecule has 2 bridgehead atoms. The third-order valence-corrected chi connectivity index (χ3v) is 4.64. The van der Waals surface area contributed by atoms with Crippen molar-refractivity contribution in [3.05, 3.63) is 0 Å². The average molecular weight is 224 g/mol. The van der Waals surface area contributed by atoms with Crippen molar-refractivity contribution < 1.29 is 4.74 Å². The van der Waals surface area contributed by atoms with Crippen LogP contribution in [0.2, 0.25) is 0 Å². The van der Waals surface area contributed by atoms with Crippen molar-refractivity contribution in [2.75, 3.05) is 39.4 Å². The zero-order valence-electron chi connectivity index (χ0n) is 10.2. The fourth-order valence-corrected chi connectivity index (χ4v) is 3.48. The van der Waals surface area contributed by atoms with Crippen LogP contribution in [0.1, 0.15) is 25.7 Å². The highest BCUT2D eigenvalue weighted by atomic mass is 16.5. The Hall–Kier alpha value is -0.120. The Morgan fingerprint density at radius 1 is 1.19 bits per heavy atom. The van der Waals surface area contributed by atoms with E-state index in [0.29, 0.717) is 0 Å². The molecule has 3 heteroatoms. The van der Waals surface area contributed by atoms with Crippen LogP contribution in [0, 0.1) is 11.8 Å². The highest BCUT2D eigenvalue weighted by Gasteiger charge is 2.33. The number of fused-ring (bicyclic) bond motifs is 3. The largest absolute Gasteiger partial charge is 0.381 e. The van der Waals surface area contributed by atoms with Crippen molar-refractivity contribution in [3.8, 4) is 0 Å². The summed E-state index contributed by atoms with van der Waals surface area (Å²) in [7, 11) is 0. The van der Waals surface area contributed by atoms with Gasteiger partial charge in [-0.3, -0.25) is 0 Å². The van der Waals surface area contributed by atoms with E-state index >= 15 is 0 Å². The second-order valence-corrected chi connectivity index (χ2v) is 5.72. The van der Waals surface area contributed by atoms with E-state index in [1.807, 2.05) is 0 Å². The maximum absolute atomic E-state index is 5.41. The number of nitrogens with one attached hydrogen (secondary N) is 1. The van der Waals surface area contributed by atoms with Crippen LogP contribution in [0.15, 0.2) is 0 Å². The predicted octanol–water partition coefficient (Wildman–Crippen LogP) is 1.10. The molecule has 4 heterocycles. The summed E-state index contributed by atoms with van der Waals surface area (Å²) in [5.41, 5.74) is 0. The van der Waals surface area contributed by atoms with Crippen molar-refractivity contribution in [1.29, 1.82) is 0 Å². The van der Waals surface area contributed by atoms with Crippen molar-refractivity contribution in [3.63, 3.8) is 0 Å². The van der Waals surface area contributed by atoms with Gasteiger partial charge in [0, 0.05) is 25.8 Å². The zero-order chi connectivity index (χ0) is 10.8. The van der Waals surface area contributed by atoms with Crippen LogP contribution in [-0.2, 0) is 4.74 Å². The van der Waals surface area contributed by atoms with E-state index in [9.17, 15) is 0 Å². The Bertz CT molecular complexity index is 220. The Morgan fingerprint density at radius 2 is 2.06 bits per heavy atom. The van der Waals surface area contributed by atoms with E-state index in [-0.39, 0.29) is 0 Å². The van der Waals surface area contributed by atoms with Crippen LogP contribution in [0.4, 0.5) is 0 Å². The Labute approximate surface area is 98.5 Å². The second-order valence-electron chi connectivity index (χ2n) is 5.72. The summed E-state index contributed by atoms with van der Waals surface area (Å²) in [6.07, 6.45) is 5.43. The van der Waals surface area contributed by atoms with Crippen LogP contribution < -0.4 is 5.32 Å². The first kappa shape index (κ1) is 11.0. The quantitative estimate of drug-likeness (QED) is 0.774. The minimum atomic E-state index is 0.782. The number of nitrogens with zero attached hydrogens (tertiary/aromatic N) is 1. The highest BCUT2D eigenvalue weighted by molar-refractivity contribution is 4.90. The molecule has 3 nitrogen and oxygen atoms in total. The molecule has 4 rings (SSSR count). The van der Waals surface area contributed by atoms with Gasteiger partial charge in [0.15, 0.2) is 0 Å². The van der Waals surface area contributed by atoms with Gasteiger partial charge in [0.25, 0.3) is 0 Å². The smallest absolute Gasteiger partial charge is 0.0495 e. The lowest BCUT2D eigenvalue weighted by atomic mass is 9.84. The van der Waals surface area contributed by atoms with E-state index in [1.54, 1.807) is 0 Å². The molecule has 2 atom stereocenters. The lowest BCUT2D eigenvalue weighted by Gasteiger charge is -2.45. The number of piperidine rings is 3. The van der Waals surface area contributed by atoms with E-state index in [2.05, 4.69) is 10.2 Å². The first-order valence-electron chi connectivity index (χ1n) is 6.95. The summed E-state index contributed by atoms with van der Waals surface area (Å²) in [6.45, 7) is 7.18. The SMILES string of the molecule is C(CC1CCOC1)NC1CN2CCC1CC2. The fourth-order valence-electron chi connectivity index (χ4n) is 3.48. The molecule has 4 saturated heterocycles. The third-order valence-electron chi connectivity index (χ3n) is 4.64. The summed E-state index contributed by atoms with van der Waals surface area (Å²) in [5.74, 6) is 1.79. The molecular formula is C13H24N2O. The van der Waals surface area contributed by atoms with Crippen LogP contribution in [-0.4, -0.2) is 50.3 Å². The molecule has 4 fully saturated rings. The van der Waals surface area contributed by atoms with Crippen molar-refractivity contribution in [2.45, 2.75) is 31.7 Å². The summed E-state index contributed by atoms with van der Waals surface area (Å²) < 4.78 is 5.41. The predicted molar refractivity (Wildman–Crippen MR) is 64.5 cm³/mol. The van der Waals surface area contributed by atoms with Gasteiger partial charge in [-0.2, -0.15) is 0 Å². The lowest BCUT2D eigenvalue weighted by Crippen LogP contribution is -2.56. The Morgan fingerprint density at radius 3 is 2.69 bits per heavy atom. The second kappa shape index (κ2) is 5.03. The van der Waals surface area contributed by atoms with Gasteiger partial charge in [-0.15, -0.1) is 0 Å². The minimum Gasteiger partial charge on any atom is -0.381 e. The van der Waals surface area contributed by atoms with Crippen LogP contribution in [0.25, 0.3) is 0 Å². The lowest BCUT2D eigenvalue weighted by molar-refractivity contribution is 0.0720. The standard InChI is InChI=1S/C13H24N2O/c1(11-4-8-16-10-11)5-14-13-9-15-6-2-12(13)3-7-15/h11-14H,1-10H2. The Balaban J connectivity index is 1.38. The molecule has 0 amide bonds. The zero-order valence-corrected chi connectivity index (χ0v) is 10.2. The molecule has 4 aliphatic rings. The molecule has 0 radical (unpaired) electrons.